The Kier molecular flexibility index (Phi) is 6.70. The number of hydrogen-bond donors (Lipinski definition) is 1. The largest absolute Gasteiger partial charge is 0.416 e. The Balaban J connectivity index is 1.53. The van der Waals surface area contributed by atoms with Crippen molar-refractivity contribution in [2.24, 2.45) is 0 Å². The van der Waals surface area contributed by atoms with Gasteiger partial charge < -0.3 is 9.73 Å². The highest BCUT2D eigenvalue weighted by molar-refractivity contribution is 8.00. The standard InChI is InChI=1S/C22H19ClN4O2S2/c1-13-8-9-16(10-18(13)23)25-21(28)20(15-6-4-3-5-7-15)31-22-27-26-19(29-22)11-17-12-30-14(2)24-17/h3-10,12,20H,11H2,1-2H3,(H,25,28)/t20-/m1/s1. The maximum Gasteiger partial charge on any atom is 0.277 e. The lowest BCUT2D eigenvalue weighted by atomic mass is 10.1. The molecule has 0 spiro atoms. The van der Waals surface area contributed by atoms with Gasteiger partial charge in [-0.2, -0.15) is 0 Å². The molecule has 0 saturated carbocycles. The van der Waals surface area contributed by atoms with Gasteiger partial charge in [0.2, 0.25) is 11.8 Å². The first-order valence-corrected chi connectivity index (χ1v) is 11.6. The van der Waals surface area contributed by atoms with E-state index in [9.17, 15) is 4.79 Å². The first kappa shape index (κ1) is 21.5. The number of nitrogens with one attached hydrogen (secondary N) is 1. The number of carbonyl (C=O) groups excluding carboxylic acids is 1. The van der Waals surface area contributed by atoms with E-state index in [0.29, 0.717) is 28.2 Å². The van der Waals surface area contributed by atoms with E-state index in [1.54, 1.807) is 17.4 Å². The van der Waals surface area contributed by atoms with Gasteiger partial charge in [-0.05, 0) is 48.9 Å². The molecule has 0 aliphatic rings. The highest BCUT2D eigenvalue weighted by atomic mass is 35.5. The molecule has 1 amide bonds. The summed E-state index contributed by atoms with van der Waals surface area (Å²) >= 11 is 8.99. The topological polar surface area (TPSA) is 80.9 Å². The fourth-order valence-corrected chi connectivity index (χ4v) is 4.57. The third kappa shape index (κ3) is 5.52. The Morgan fingerprint density at radius 1 is 1.19 bits per heavy atom. The number of thioether (sulfide) groups is 1. The Morgan fingerprint density at radius 2 is 2.00 bits per heavy atom. The van der Waals surface area contributed by atoms with Crippen molar-refractivity contribution in [1.29, 1.82) is 0 Å². The Hall–Kier alpha value is -2.68. The molecule has 0 radical (unpaired) electrons. The third-order valence-electron chi connectivity index (χ3n) is 4.45. The fraction of sp³-hybridized carbons (Fsp3) is 0.182. The van der Waals surface area contributed by atoms with Gasteiger partial charge in [-0.25, -0.2) is 4.98 Å². The third-order valence-corrected chi connectivity index (χ3v) is 6.76. The molecule has 2 aromatic carbocycles. The van der Waals surface area contributed by atoms with Gasteiger partial charge in [0.25, 0.3) is 5.22 Å². The number of nitrogens with zero attached hydrogens (tertiary/aromatic N) is 3. The summed E-state index contributed by atoms with van der Waals surface area (Å²) in [5.74, 6) is 0.260. The molecule has 6 nitrogen and oxygen atoms in total. The summed E-state index contributed by atoms with van der Waals surface area (Å²) in [7, 11) is 0. The summed E-state index contributed by atoms with van der Waals surface area (Å²) in [6, 6.07) is 14.9. The highest BCUT2D eigenvalue weighted by Gasteiger charge is 2.25. The van der Waals surface area contributed by atoms with Crippen LogP contribution >= 0.6 is 34.7 Å². The molecule has 9 heteroatoms. The highest BCUT2D eigenvalue weighted by Crippen LogP contribution is 2.36. The molecule has 31 heavy (non-hydrogen) atoms. The van der Waals surface area contributed by atoms with Crippen LogP contribution in [0.15, 0.2) is 63.6 Å². The zero-order valence-electron chi connectivity index (χ0n) is 16.8. The van der Waals surface area contributed by atoms with Crippen LogP contribution in [-0.2, 0) is 11.2 Å². The lowest BCUT2D eigenvalue weighted by Crippen LogP contribution is -2.19. The predicted molar refractivity (Wildman–Crippen MR) is 124 cm³/mol. The van der Waals surface area contributed by atoms with Crippen molar-refractivity contribution in [3.63, 3.8) is 0 Å². The van der Waals surface area contributed by atoms with Crippen LogP contribution < -0.4 is 5.32 Å². The van der Waals surface area contributed by atoms with E-state index >= 15 is 0 Å². The van der Waals surface area contributed by atoms with Crippen LogP contribution in [0.25, 0.3) is 0 Å². The second-order valence-corrected chi connectivity index (χ2v) is 9.38. The molecular formula is C22H19ClN4O2S2. The van der Waals surface area contributed by atoms with Crippen LogP contribution in [0.2, 0.25) is 5.02 Å². The molecule has 4 rings (SSSR count). The van der Waals surface area contributed by atoms with Crippen molar-refractivity contribution in [2.45, 2.75) is 30.7 Å². The molecule has 0 fully saturated rings. The van der Waals surface area contributed by atoms with E-state index in [-0.39, 0.29) is 5.91 Å². The maximum atomic E-state index is 13.1. The summed E-state index contributed by atoms with van der Waals surface area (Å²) in [5, 5.41) is 14.5. The number of thiazole rings is 1. The zero-order valence-corrected chi connectivity index (χ0v) is 19.2. The van der Waals surface area contributed by atoms with E-state index in [2.05, 4.69) is 20.5 Å². The van der Waals surface area contributed by atoms with Crippen LogP contribution in [0, 0.1) is 13.8 Å². The number of aromatic nitrogens is 3. The first-order chi connectivity index (χ1) is 15.0. The van der Waals surface area contributed by atoms with Crippen LogP contribution in [0.4, 0.5) is 5.69 Å². The molecule has 2 aromatic heterocycles. The van der Waals surface area contributed by atoms with Crippen LogP contribution in [0.3, 0.4) is 0 Å². The summed E-state index contributed by atoms with van der Waals surface area (Å²) in [5.41, 5.74) is 3.30. The molecule has 0 aliphatic carbocycles. The minimum atomic E-state index is -0.573. The Labute approximate surface area is 193 Å². The molecule has 2 heterocycles. The van der Waals surface area contributed by atoms with Crippen LogP contribution in [0.5, 0.6) is 0 Å². The molecule has 1 atom stereocenters. The van der Waals surface area contributed by atoms with E-state index in [1.807, 2.05) is 61.7 Å². The van der Waals surface area contributed by atoms with Gasteiger partial charge in [-0.1, -0.05) is 48.0 Å². The first-order valence-electron chi connectivity index (χ1n) is 9.50. The average Bonchev–Trinajstić information content (AvgIpc) is 3.38. The van der Waals surface area contributed by atoms with E-state index in [0.717, 1.165) is 21.8 Å². The fourth-order valence-electron chi connectivity index (χ4n) is 2.88. The molecule has 0 saturated heterocycles. The monoisotopic (exact) mass is 470 g/mol. The van der Waals surface area contributed by atoms with Gasteiger partial charge in [0.05, 0.1) is 17.1 Å². The summed E-state index contributed by atoms with van der Waals surface area (Å²) in [6.45, 7) is 3.87. The molecule has 0 bridgehead atoms. The predicted octanol–water partition coefficient (Wildman–Crippen LogP) is 5.86. The average molecular weight is 471 g/mol. The molecule has 0 aliphatic heterocycles. The lowest BCUT2D eigenvalue weighted by molar-refractivity contribution is -0.115. The minimum Gasteiger partial charge on any atom is -0.416 e. The normalized spacial score (nSPS) is 12.0. The number of benzene rings is 2. The SMILES string of the molecule is Cc1nc(Cc2nnc(S[C@@H](C(=O)Nc3ccc(C)c(Cl)c3)c3ccccc3)o2)cs1. The van der Waals surface area contributed by atoms with Gasteiger partial charge in [0.1, 0.15) is 5.25 Å². The van der Waals surface area contributed by atoms with Crippen molar-refractivity contribution < 1.29 is 9.21 Å². The lowest BCUT2D eigenvalue weighted by Gasteiger charge is -2.15. The number of rotatable bonds is 7. The second kappa shape index (κ2) is 9.64. The van der Waals surface area contributed by atoms with Crippen molar-refractivity contribution in [3.8, 4) is 0 Å². The number of amides is 1. The Morgan fingerprint density at radius 3 is 2.71 bits per heavy atom. The number of hydrogen-bond acceptors (Lipinski definition) is 7. The zero-order chi connectivity index (χ0) is 21.8. The van der Waals surface area contributed by atoms with Crippen molar-refractivity contribution in [1.82, 2.24) is 15.2 Å². The Bertz CT molecular complexity index is 1190. The summed E-state index contributed by atoms with van der Waals surface area (Å²) in [6.07, 6.45) is 0.460. The van der Waals surface area contributed by atoms with Crippen molar-refractivity contribution in [2.75, 3.05) is 5.32 Å². The molecule has 4 aromatic rings. The number of halogens is 1. The van der Waals surface area contributed by atoms with Crippen LogP contribution in [-0.4, -0.2) is 21.1 Å². The van der Waals surface area contributed by atoms with Crippen molar-refractivity contribution in [3.05, 3.63) is 86.7 Å². The number of anilines is 1. The second-order valence-electron chi connectivity index (χ2n) is 6.86. The van der Waals surface area contributed by atoms with Gasteiger partial charge in [-0.3, -0.25) is 4.79 Å². The van der Waals surface area contributed by atoms with Gasteiger partial charge in [-0.15, -0.1) is 21.5 Å². The van der Waals surface area contributed by atoms with Crippen LogP contribution in [0.1, 0.15) is 33.0 Å². The molecule has 0 unspecified atom stereocenters. The summed E-state index contributed by atoms with van der Waals surface area (Å²) < 4.78 is 5.79. The quantitative estimate of drug-likeness (QED) is 0.341. The van der Waals surface area contributed by atoms with Crippen molar-refractivity contribution >= 4 is 46.3 Å². The summed E-state index contributed by atoms with van der Waals surface area (Å²) in [4.78, 5) is 17.6. The van der Waals surface area contributed by atoms with E-state index < -0.39 is 5.25 Å². The maximum absolute atomic E-state index is 13.1. The van der Waals surface area contributed by atoms with E-state index in [1.165, 1.54) is 11.8 Å². The number of aryl methyl sites for hydroxylation is 2. The number of carbonyl (C=O) groups is 1. The molecule has 158 valence electrons. The molecular weight excluding hydrogens is 452 g/mol. The van der Waals surface area contributed by atoms with E-state index in [4.69, 9.17) is 16.0 Å². The van der Waals surface area contributed by atoms with Gasteiger partial charge in [0.15, 0.2) is 0 Å². The van der Waals surface area contributed by atoms with Gasteiger partial charge in [0, 0.05) is 16.1 Å². The smallest absolute Gasteiger partial charge is 0.277 e. The minimum absolute atomic E-state index is 0.203. The molecule has 1 N–H and O–H groups in total. The van der Waals surface area contributed by atoms with Gasteiger partial charge >= 0.3 is 0 Å².